The van der Waals surface area contributed by atoms with Gasteiger partial charge in [-0.05, 0) is 5.56 Å². The Morgan fingerprint density at radius 3 is 2.95 bits per heavy atom. The van der Waals surface area contributed by atoms with E-state index in [-0.39, 0.29) is 5.69 Å². The van der Waals surface area contributed by atoms with Crippen LogP contribution in [0.1, 0.15) is 11.3 Å². The lowest BCUT2D eigenvalue weighted by atomic mass is 10.2. The summed E-state index contributed by atoms with van der Waals surface area (Å²) in [6, 6.07) is 8.53. The largest absolute Gasteiger partial charge is 0.384 e. The molecule has 0 aliphatic heterocycles. The molecule has 2 rings (SSSR count). The lowest BCUT2D eigenvalue weighted by Crippen LogP contribution is -2.04. The van der Waals surface area contributed by atoms with Crippen LogP contribution in [0.5, 0.6) is 0 Å². The third kappa shape index (κ3) is 4.03. The molecule has 0 aliphatic rings. The van der Waals surface area contributed by atoms with Gasteiger partial charge in [0.1, 0.15) is 5.82 Å². The van der Waals surface area contributed by atoms with Gasteiger partial charge in [0.05, 0.1) is 17.2 Å². The van der Waals surface area contributed by atoms with Gasteiger partial charge in [-0.3, -0.25) is 14.8 Å². The Morgan fingerprint density at radius 1 is 1.43 bits per heavy atom. The van der Waals surface area contributed by atoms with Crippen molar-refractivity contribution in [1.82, 2.24) is 9.78 Å². The Kier molecular flexibility index (Phi) is 4.89. The summed E-state index contributed by atoms with van der Waals surface area (Å²) in [5.74, 6) is 0.868. The first kappa shape index (κ1) is 15.0. The number of aryl methyl sites for hydroxylation is 1. The minimum Gasteiger partial charge on any atom is -0.384 e. The summed E-state index contributed by atoms with van der Waals surface area (Å²) in [6.45, 7) is 1.13. The predicted molar refractivity (Wildman–Crippen MR) is 79.2 cm³/mol. The number of rotatable bonds is 7. The number of hydrogen-bond donors (Lipinski definition) is 1. The lowest BCUT2D eigenvalue weighted by molar-refractivity contribution is -0.384. The molecule has 0 bridgehead atoms. The monoisotopic (exact) mass is 290 g/mol. The highest BCUT2D eigenvalue weighted by Crippen LogP contribution is 2.15. The number of nitro benzene ring substituents is 1. The smallest absolute Gasteiger partial charge is 0.269 e. The van der Waals surface area contributed by atoms with Gasteiger partial charge in [-0.25, -0.2) is 0 Å². The van der Waals surface area contributed by atoms with Gasteiger partial charge < -0.3 is 10.1 Å². The number of nitrogens with zero attached hydrogens (tertiary/aromatic N) is 3. The molecule has 0 aliphatic carbocycles. The molecule has 7 heteroatoms. The minimum absolute atomic E-state index is 0.0973. The SMILES string of the molecule is COCCc1cc(NCc2cccc([N+](=O)[O-])c2)n(C)n1. The maximum absolute atomic E-state index is 10.7. The average Bonchev–Trinajstić information content (AvgIpc) is 2.83. The van der Waals surface area contributed by atoms with Gasteiger partial charge in [0.2, 0.25) is 0 Å². The average molecular weight is 290 g/mol. The molecule has 7 nitrogen and oxygen atoms in total. The third-order valence-corrected chi connectivity index (χ3v) is 3.09. The molecule has 1 aromatic heterocycles. The Hall–Kier alpha value is -2.41. The summed E-state index contributed by atoms with van der Waals surface area (Å²) in [6.07, 6.45) is 0.753. The summed E-state index contributed by atoms with van der Waals surface area (Å²) in [4.78, 5) is 10.4. The third-order valence-electron chi connectivity index (χ3n) is 3.09. The van der Waals surface area contributed by atoms with Gasteiger partial charge in [0.25, 0.3) is 5.69 Å². The number of nitrogens with one attached hydrogen (secondary N) is 1. The summed E-state index contributed by atoms with van der Waals surface area (Å²) >= 11 is 0. The Morgan fingerprint density at radius 2 is 2.24 bits per heavy atom. The fourth-order valence-corrected chi connectivity index (χ4v) is 1.99. The van der Waals surface area contributed by atoms with Crippen molar-refractivity contribution < 1.29 is 9.66 Å². The molecule has 0 saturated heterocycles. The van der Waals surface area contributed by atoms with E-state index in [0.29, 0.717) is 13.2 Å². The van der Waals surface area contributed by atoms with Crippen molar-refractivity contribution in [1.29, 1.82) is 0 Å². The van der Waals surface area contributed by atoms with Crippen molar-refractivity contribution in [3.8, 4) is 0 Å². The molecule has 2 aromatic rings. The van der Waals surface area contributed by atoms with Crippen molar-refractivity contribution in [2.45, 2.75) is 13.0 Å². The molecule has 0 spiro atoms. The lowest BCUT2D eigenvalue weighted by Gasteiger charge is -2.06. The number of benzene rings is 1. The van der Waals surface area contributed by atoms with Crippen LogP contribution < -0.4 is 5.32 Å². The summed E-state index contributed by atoms with van der Waals surface area (Å²) in [5, 5.41) is 18.3. The molecule has 1 aromatic carbocycles. The molecule has 1 heterocycles. The van der Waals surface area contributed by atoms with E-state index in [1.165, 1.54) is 6.07 Å². The van der Waals surface area contributed by atoms with Crippen LogP contribution in [0.3, 0.4) is 0 Å². The number of ether oxygens (including phenoxy) is 1. The molecule has 0 fully saturated rings. The van der Waals surface area contributed by atoms with Crippen LogP contribution in [0.25, 0.3) is 0 Å². The zero-order valence-corrected chi connectivity index (χ0v) is 12.1. The molecule has 21 heavy (non-hydrogen) atoms. The zero-order chi connectivity index (χ0) is 15.2. The standard InChI is InChI=1S/C14H18N4O3/c1-17-14(9-12(16-17)6-7-21-2)15-10-11-4-3-5-13(8-11)18(19)20/h3-5,8-9,15H,6-7,10H2,1-2H3. The zero-order valence-electron chi connectivity index (χ0n) is 12.1. The first-order valence-corrected chi connectivity index (χ1v) is 6.59. The predicted octanol–water partition coefficient (Wildman–Crippen LogP) is 2.13. The van der Waals surface area contributed by atoms with E-state index >= 15 is 0 Å². The summed E-state index contributed by atoms with van der Waals surface area (Å²) in [5.41, 5.74) is 1.89. The van der Waals surface area contributed by atoms with Crippen molar-refractivity contribution >= 4 is 11.5 Å². The summed E-state index contributed by atoms with van der Waals surface area (Å²) in [7, 11) is 3.51. The summed E-state index contributed by atoms with van der Waals surface area (Å²) < 4.78 is 6.78. The number of non-ortho nitro benzene ring substituents is 1. The van der Waals surface area contributed by atoms with E-state index < -0.39 is 4.92 Å². The van der Waals surface area contributed by atoms with Crippen molar-refractivity contribution in [2.75, 3.05) is 19.0 Å². The number of anilines is 1. The van der Waals surface area contributed by atoms with Crippen LogP contribution in [-0.4, -0.2) is 28.4 Å². The van der Waals surface area contributed by atoms with Gasteiger partial charge in [-0.2, -0.15) is 5.10 Å². The molecule has 0 unspecified atom stereocenters. The maximum Gasteiger partial charge on any atom is 0.269 e. The molecular weight excluding hydrogens is 272 g/mol. The van der Waals surface area contributed by atoms with E-state index in [2.05, 4.69) is 10.4 Å². The van der Waals surface area contributed by atoms with E-state index in [0.717, 1.165) is 23.5 Å². The van der Waals surface area contributed by atoms with Gasteiger partial charge in [0.15, 0.2) is 0 Å². The van der Waals surface area contributed by atoms with Crippen LogP contribution in [0.4, 0.5) is 11.5 Å². The molecular formula is C14H18N4O3. The highest BCUT2D eigenvalue weighted by atomic mass is 16.6. The van der Waals surface area contributed by atoms with E-state index in [1.807, 2.05) is 19.2 Å². The Labute approximate surface area is 122 Å². The van der Waals surface area contributed by atoms with Crippen LogP contribution in [0, 0.1) is 10.1 Å². The van der Waals surface area contributed by atoms with Gasteiger partial charge in [-0.15, -0.1) is 0 Å². The normalized spacial score (nSPS) is 10.6. The number of nitro groups is 1. The number of aromatic nitrogens is 2. The molecule has 1 N–H and O–H groups in total. The number of methoxy groups -OCH3 is 1. The number of hydrogen-bond acceptors (Lipinski definition) is 5. The molecule has 0 atom stereocenters. The van der Waals surface area contributed by atoms with E-state index in [4.69, 9.17) is 4.74 Å². The highest BCUT2D eigenvalue weighted by Gasteiger charge is 2.07. The second-order valence-electron chi connectivity index (χ2n) is 4.67. The Balaban J connectivity index is 2.01. The fraction of sp³-hybridized carbons (Fsp3) is 0.357. The molecule has 112 valence electrons. The second kappa shape index (κ2) is 6.85. The van der Waals surface area contributed by atoms with Gasteiger partial charge in [0, 0.05) is 45.3 Å². The second-order valence-corrected chi connectivity index (χ2v) is 4.67. The minimum atomic E-state index is -0.392. The van der Waals surface area contributed by atoms with E-state index in [9.17, 15) is 10.1 Å². The van der Waals surface area contributed by atoms with Crippen LogP contribution in [0.15, 0.2) is 30.3 Å². The van der Waals surface area contributed by atoms with Crippen molar-refractivity contribution in [3.63, 3.8) is 0 Å². The first-order valence-electron chi connectivity index (χ1n) is 6.59. The van der Waals surface area contributed by atoms with Gasteiger partial charge >= 0.3 is 0 Å². The van der Waals surface area contributed by atoms with Crippen molar-refractivity contribution in [2.24, 2.45) is 7.05 Å². The van der Waals surface area contributed by atoms with Gasteiger partial charge in [-0.1, -0.05) is 12.1 Å². The molecule has 0 amide bonds. The maximum atomic E-state index is 10.7. The Bertz CT molecular complexity index is 624. The van der Waals surface area contributed by atoms with Crippen LogP contribution >= 0.6 is 0 Å². The fourth-order valence-electron chi connectivity index (χ4n) is 1.99. The topological polar surface area (TPSA) is 82.2 Å². The molecule has 0 radical (unpaired) electrons. The first-order chi connectivity index (χ1) is 10.1. The van der Waals surface area contributed by atoms with Crippen LogP contribution in [-0.2, 0) is 24.8 Å². The molecule has 0 saturated carbocycles. The van der Waals surface area contributed by atoms with Crippen molar-refractivity contribution in [3.05, 3.63) is 51.7 Å². The van der Waals surface area contributed by atoms with E-state index in [1.54, 1.807) is 23.9 Å². The highest BCUT2D eigenvalue weighted by molar-refractivity contribution is 5.40. The van der Waals surface area contributed by atoms with Crippen LogP contribution in [0.2, 0.25) is 0 Å². The quantitative estimate of drug-likeness (QED) is 0.624.